The maximum atomic E-state index is 12.5. The average Bonchev–Trinajstić information content (AvgIpc) is 2.59. The summed E-state index contributed by atoms with van der Waals surface area (Å²) < 4.78 is 4.89. The van der Waals surface area contributed by atoms with Crippen LogP contribution in [0.5, 0.6) is 0 Å². The molecule has 10 heteroatoms. The smallest absolute Gasteiger partial charge is 0.315 e. The summed E-state index contributed by atoms with van der Waals surface area (Å²) in [5.74, 6) is -2.18. The van der Waals surface area contributed by atoms with Crippen LogP contribution >= 0.6 is 0 Å². The number of nitrogen functional groups attached to an aromatic ring is 2. The number of rotatable bonds is 3. The summed E-state index contributed by atoms with van der Waals surface area (Å²) in [6.07, 6.45) is 0. The van der Waals surface area contributed by atoms with E-state index in [4.69, 9.17) is 16.2 Å². The molecule has 1 aromatic carbocycles. The number of hydrogen-bond donors (Lipinski definition) is 2. The highest BCUT2D eigenvalue weighted by molar-refractivity contribution is 6.05. The van der Waals surface area contributed by atoms with Crippen molar-refractivity contribution in [2.75, 3.05) is 18.6 Å². The van der Waals surface area contributed by atoms with E-state index in [9.17, 15) is 14.9 Å². The summed E-state index contributed by atoms with van der Waals surface area (Å²) in [7, 11) is 1.24. The Bertz CT molecular complexity index is 942. The molecule has 0 spiro atoms. The monoisotopic (exact) mass is 356 g/mol. The topological polar surface area (TPSA) is 160 Å². The first-order chi connectivity index (χ1) is 12.3. The molecular weight excluding hydrogens is 340 g/mol. The molecule has 0 radical (unpaired) electrons. The largest absolute Gasteiger partial charge is 0.468 e. The van der Waals surface area contributed by atoms with Crippen molar-refractivity contribution in [2.45, 2.75) is 12.8 Å². The Kier molecular flexibility index (Phi) is 4.24. The van der Waals surface area contributed by atoms with E-state index in [0.717, 1.165) is 0 Å². The van der Waals surface area contributed by atoms with Crippen LogP contribution in [0.15, 0.2) is 29.3 Å². The Morgan fingerprint density at radius 1 is 1.27 bits per heavy atom. The number of carbonyl (C=O) groups excluding carboxylic acids is 1. The number of anilines is 2. The van der Waals surface area contributed by atoms with Gasteiger partial charge in [0.15, 0.2) is 5.82 Å². The third-order valence-corrected chi connectivity index (χ3v) is 4.27. The van der Waals surface area contributed by atoms with Crippen molar-refractivity contribution in [1.82, 2.24) is 9.97 Å². The lowest BCUT2D eigenvalue weighted by Gasteiger charge is -2.30. The minimum absolute atomic E-state index is 0.0146. The molecule has 0 aliphatic carbocycles. The number of nitro benzene ring substituents is 1. The van der Waals surface area contributed by atoms with Crippen LogP contribution < -0.4 is 11.5 Å². The van der Waals surface area contributed by atoms with Crippen molar-refractivity contribution < 1.29 is 14.5 Å². The lowest BCUT2D eigenvalue weighted by molar-refractivity contribution is -0.385. The minimum Gasteiger partial charge on any atom is -0.468 e. The van der Waals surface area contributed by atoms with Gasteiger partial charge in [0.05, 0.1) is 12.0 Å². The highest BCUT2D eigenvalue weighted by atomic mass is 16.6. The van der Waals surface area contributed by atoms with E-state index < -0.39 is 22.7 Å². The number of ether oxygens (including phenoxy) is 1. The van der Waals surface area contributed by atoms with E-state index >= 15 is 0 Å². The van der Waals surface area contributed by atoms with Crippen LogP contribution in [0.2, 0.25) is 0 Å². The highest BCUT2D eigenvalue weighted by Crippen LogP contribution is 2.46. The standard InChI is InChI=1S/C16H16N6O4/c1-7-10(15(23)26-2)11(8-5-3-4-6-9(8)22(24)25)12-13(17)20-16(18)21-14(12)19-7/h3-6,10-11H,1-2H3,(H4,17,18,20,21). The SMILES string of the molecule is COC(=O)C1C(C)=Nc2nc(N)nc(N)c2C1c1ccccc1[N+](=O)[O-]. The quantitative estimate of drug-likeness (QED) is 0.476. The second-order valence-corrected chi connectivity index (χ2v) is 5.75. The summed E-state index contributed by atoms with van der Waals surface area (Å²) in [5, 5.41) is 11.5. The zero-order valence-corrected chi connectivity index (χ0v) is 14.0. The van der Waals surface area contributed by atoms with E-state index in [-0.39, 0.29) is 23.3 Å². The summed E-state index contributed by atoms with van der Waals surface area (Å²) in [6.45, 7) is 1.63. The molecule has 1 aliphatic heterocycles. The molecular formula is C16H16N6O4. The molecule has 1 aromatic heterocycles. The molecule has 4 N–H and O–H groups in total. The first-order valence-corrected chi connectivity index (χ1v) is 7.64. The fourth-order valence-electron chi connectivity index (χ4n) is 3.21. The molecule has 2 unspecified atom stereocenters. The summed E-state index contributed by atoms with van der Waals surface area (Å²) >= 11 is 0. The lowest BCUT2D eigenvalue weighted by atomic mass is 9.76. The van der Waals surface area contributed by atoms with Gasteiger partial charge in [-0.25, -0.2) is 4.99 Å². The van der Waals surface area contributed by atoms with Gasteiger partial charge >= 0.3 is 5.97 Å². The molecule has 26 heavy (non-hydrogen) atoms. The number of aliphatic imine (C=N–C) groups is 1. The van der Waals surface area contributed by atoms with Crippen molar-refractivity contribution in [3.05, 3.63) is 45.5 Å². The highest BCUT2D eigenvalue weighted by Gasteiger charge is 2.43. The van der Waals surface area contributed by atoms with Crippen LogP contribution in [0.3, 0.4) is 0 Å². The molecule has 3 rings (SSSR count). The number of nitrogens with two attached hydrogens (primary N) is 2. The number of methoxy groups -OCH3 is 1. The maximum Gasteiger partial charge on any atom is 0.315 e. The van der Waals surface area contributed by atoms with Crippen LogP contribution in [0.25, 0.3) is 0 Å². The predicted molar refractivity (Wildman–Crippen MR) is 94.1 cm³/mol. The zero-order valence-electron chi connectivity index (χ0n) is 14.0. The number of aromatic nitrogens is 2. The van der Waals surface area contributed by atoms with E-state index in [1.807, 2.05) is 0 Å². The van der Waals surface area contributed by atoms with Gasteiger partial charge in [-0.2, -0.15) is 9.97 Å². The van der Waals surface area contributed by atoms with Gasteiger partial charge in [-0.05, 0) is 6.92 Å². The third kappa shape index (κ3) is 2.70. The van der Waals surface area contributed by atoms with Crippen LogP contribution in [0.1, 0.15) is 24.0 Å². The number of hydrogen-bond acceptors (Lipinski definition) is 9. The van der Waals surface area contributed by atoms with Crippen molar-refractivity contribution in [1.29, 1.82) is 0 Å². The number of nitro groups is 1. The third-order valence-electron chi connectivity index (χ3n) is 4.27. The van der Waals surface area contributed by atoms with E-state index in [1.54, 1.807) is 25.1 Å². The van der Waals surface area contributed by atoms with Gasteiger partial charge in [0.1, 0.15) is 11.7 Å². The molecule has 2 atom stereocenters. The summed E-state index contributed by atoms with van der Waals surface area (Å²) in [4.78, 5) is 35.8. The van der Waals surface area contributed by atoms with Crippen LogP contribution in [-0.2, 0) is 9.53 Å². The van der Waals surface area contributed by atoms with E-state index in [1.165, 1.54) is 13.2 Å². The first kappa shape index (κ1) is 17.3. The van der Waals surface area contributed by atoms with Crippen LogP contribution in [-0.4, -0.2) is 33.7 Å². The number of benzene rings is 1. The Balaban J connectivity index is 2.35. The second-order valence-electron chi connectivity index (χ2n) is 5.75. The fourth-order valence-corrected chi connectivity index (χ4v) is 3.21. The van der Waals surface area contributed by atoms with Crippen molar-refractivity contribution in [2.24, 2.45) is 10.9 Å². The molecule has 0 amide bonds. The molecule has 0 saturated heterocycles. The van der Waals surface area contributed by atoms with Gasteiger partial charge in [0.2, 0.25) is 5.95 Å². The molecule has 0 bridgehead atoms. The number of nitrogens with zero attached hydrogens (tertiary/aromatic N) is 4. The zero-order chi connectivity index (χ0) is 19.0. The Labute approximate surface area is 148 Å². The van der Waals surface area contributed by atoms with Crippen LogP contribution in [0.4, 0.5) is 23.3 Å². The predicted octanol–water partition coefficient (Wildman–Crippen LogP) is 1.58. The summed E-state index contributed by atoms with van der Waals surface area (Å²) in [6, 6.07) is 6.11. The molecule has 10 nitrogen and oxygen atoms in total. The van der Waals surface area contributed by atoms with E-state index in [2.05, 4.69) is 15.0 Å². The Morgan fingerprint density at radius 3 is 2.62 bits per heavy atom. The molecule has 1 aliphatic rings. The van der Waals surface area contributed by atoms with Gasteiger partial charge in [0, 0.05) is 28.8 Å². The van der Waals surface area contributed by atoms with Crippen LogP contribution in [0, 0.1) is 16.0 Å². The Morgan fingerprint density at radius 2 is 1.96 bits per heavy atom. The summed E-state index contributed by atoms with van der Waals surface area (Å²) in [5.41, 5.74) is 12.5. The molecule has 134 valence electrons. The maximum absolute atomic E-state index is 12.5. The number of fused-ring (bicyclic) bond motifs is 1. The second kappa shape index (κ2) is 6.39. The van der Waals surface area contributed by atoms with Gasteiger partial charge < -0.3 is 16.2 Å². The van der Waals surface area contributed by atoms with Gasteiger partial charge in [-0.15, -0.1) is 0 Å². The molecule has 0 saturated carbocycles. The Hall–Kier alpha value is -3.56. The minimum atomic E-state index is -0.900. The molecule has 0 fully saturated rings. The first-order valence-electron chi connectivity index (χ1n) is 7.64. The molecule has 2 heterocycles. The fraction of sp³-hybridized carbons (Fsp3) is 0.250. The number of carbonyl (C=O) groups is 1. The van der Waals surface area contributed by atoms with Crippen molar-refractivity contribution in [3.63, 3.8) is 0 Å². The van der Waals surface area contributed by atoms with Crippen molar-refractivity contribution in [3.8, 4) is 0 Å². The lowest BCUT2D eigenvalue weighted by Crippen LogP contribution is -2.34. The van der Waals surface area contributed by atoms with Gasteiger partial charge in [0.25, 0.3) is 5.69 Å². The number of para-hydroxylation sites is 1. The van der Waals surface area contributed by atoms with Crippen molar-refractivity contribution >= 4 is 35.0 Å². The van der Waals surface area contributed by atoms with Gasteiger partial charge in [-0.1, -0.05) is 18.2 Å². The van der Waals surface area contributed by atoms with Gasteiger partial charge in [-0.3, -0.25) is 14.9 Å². The average molecular weight is 356 g/mol. The molecule has 2 aromatic rings. The number of esters is 1. The normalized spacial score (nSPS) is 18.6. The van der Waals surface area contributed by atoms with E-state index in [0.29, 0.717) is 16.8 Å².